The van der Waals surface area contributed by atoms with E-state index in [1.807, 2.05) is 24.3 Å². The highest BCUT2D eigenvalue weighted by atomic mass is 79.9. The molecule has 0 radical (unpaired) electrons. The molecule has 4 heteroatoms. The van der Waals surface area contributed by atoms with E-state index in [4.69, 9.17) is 0 Å². The number of carbonyl (C=O) groups is 1. The number of piperidine rings is 1. The lowest BCUT2D eigenvalue weighted by Gasteiger charge is -2.28. The first-order chi connectivity index (χ1) is 8.16. The van der Waals surface area contributed by atoms with Gasteiger partial charge in [0.05, 0.1) is 6.04 Å². The molecular formula is C13H17BrN2O. The molecule has 92 valence electrons. The van der Waals surface area contributed by atoms with Gasteiger partial charge in [-0.05, 0) is 43.5 Å². The molecule has 1 amide bonds. The number of hydrogen-bond donors (Lipinski definition) is 2. The molecule has 3 nitrogen and oxygen atoms in total. The predicted octanol–water partition coefficient (Wildman–Crippen LogP) is 2.78. The molecule has 1 aliphatic rings. The van der Waals surface area contributed by atoms with Crippen molar-refractivity contribution in [2.75, 3.05) is 11.9 Å². The molecule has 1 saturated heterocycles. The zero-order valence-corrected chi connectivity index (χ0v) is 11.5. The fourth-order valence-electron chi connectivity index (χ4n) is 2.19. The molecule has 1 heterocycles. The third-order valence-electron chi connectivity index (χ3n) is 3.14. The summed E-state index contributed by atoms with van der Waals surface area (Å²) in [4.78, 5) is 12.1. The van der Waals surface area contributed by atoms with E-state index in [1.165, 1.54) is 0 Å². The van der Waals surface area contributed by atoms with Crippen molar-refractivity contribution in [2.24, 2.45) is 5.92 Å². The van der Waals surface area contributed by atoms with Gasteiger partial charge in [-0.1, -0.05) is 28.9 Å². The van der Waals surface area contributed by atoms with Crippen LogP contribution < -0.4 is 10.6 Å². The average Bonchev–Trinajstić information content (AvgIpc) is 2.29. The standard InChI is InChI=1S/C13H17BrN2O/c1-9-4-3-7-15-12(9)13(17)16-11-6-2-5-10(14)8-11/h2,5-6,8-9,12,15H,3-4,7H2,1H3,(H,16,17). The Kier molecular flexibility index (Phi) is 4.18. The van der Waals surface area contributed by atoms with Gasteiger partial charge in [0.2, 0.25) is 5.91 Å². The van der Waals surface area contributed by atoms with Gasteiger partial charge in [-0.3, -0.25) is 4.79 Å². The summed E-state index contributed by atoms with van der Waals surface area (Å²) in [5.41, 5.74) is 0.837. The molecule has 0 spiro atoms. The average molecular weight is 297 g/mol. The summed E-state index contributed by atoms with van der Waals surface area (Å²) in [6.45, 7) is 3.05. The van der Waals surface area contributed by atoms with Gasteiger partial charge in [0.25, 0.3) is 0 Å². The highest BCUT2D eigenvalue weighted by Gasteiger charge is 2.27. The van der Waals surface area contributed by atoms with Crippen LogP contribution in [0, 0.1) is 5.92 Å². The second-order valence-electron chi connectivity index (χ2n) is 4.55. The molecule has 2 rings (SSSR count). The number of amides is 1. The third-order valence-corrected chi connectivity index (χ3v) is 3.64. The summed E-state index contributed by atoms with van der Waals surface area (Å²) in [7, 11) is 0. The number of carbonyl (C=O) groups excluding carboxylic acids is 1. The van der Waals surface area contributed by atoms with Crippen molar-refractivity contribution in [2.45, 2.75) is 25.8 Å². The van der Waals surface area contributed by atoms with E-state index in [-0.39, 0.29) is 11.9 Å². The van der Waals surface area contributed by atoms with Crippen LogP contribution in [0.15, 0.2) is 28.7 Å². The smallest absolute Gasteiger partial charge is 0.241 e. The van der Waals surface area contributed by atoms with Gasteiger partial charge in [-0.2, -0.15) is 0 Å². The monoisotopic (exact) mass is 296 g/mol. The maximum atomic E-state index is 12.1. The van der Waals surface area contributed by atoms with E-state index in [1.54, 1.807) is 0 Å². The van der Waals surface area contributed by atoms with Crippen molar-refractivity contribution in [3.05, 3.63) is 28.7 Å². The van der Waals surface area contributed by atoms with Gasteiger partial charge >= 0.3 is 0 Å². The molecular weight excluding hydrogens is 280 g/mol. The van der Waals surface area contributed by atoms with Crippen LogP contribution in [-0.2, 0) is 4.79 Å². The van der Waals surface area contributed by atoms with Crippen LogP contribution >= 0.6 is 15.9 Å². The first-order valence-electron chi connectivity index (χ1n) is 5.96. The fraction of sp³-hybridized carbons (Fsp3) is 0.462. The van der Waals surface area contributed by atoms with E-state index in [9.17, 15) is 4.79 Å². The van der Waals surface area contributed by atoms with Crippen LogP contribution in [-0.4, -0.2) is 18.5 Å². The summed E-state index contributed by atoms with van der Waals surface area (Å²) in [6, 6.07) is 7.60. The second-order valence-corrected chi connectivity index (χ2v) is 5.47. The van der Waals surface area contributed by atoms with Gasteiger partial charge in [0, 0.05) is 10.2 Å². The Morgan fingerprint density at radius 2 is 2.35 bits per heavy atom. The van der Waals surface area contributed by atoms with Gasteiger partial charge < -0.3 is 10.6 Å². The summed E-state index contributed by atoms with van der Waals surface area (Å²) >= 11 is 3.39. The van der Waals surface area contributed by atoms with Crippen LogP contribution in [0.4, 0.5) is 5.69 Å². The summed E-state index contributed by atoms with van der Waals surface area (Å²) in [5.74, 6) is 0.464. The third kappa shape index (κ3) is 3.30. The molecule has 17 heavy (non-hydrogen) atoms. The van der Waals surface area contributed by atoms with Crippen molar-refractivity contribution < 1.29 is 4.79 Å². The topological polar surface area (TPSA) is 41.1 Å². The molecule has 1 aromatic rings. The minimum Gasteiger partial charge on any atom is -0.325 e. The second kappa shape index (κ2) is 5.65. The lowest BCUT2D eigenvalue weighted by atomic mass is 9.92. The minimum absolute atomic E-state index is 0.0651. The Hall–Kier alpha value is -0.870. The maximum absolute atomic E-state index is 12.1. The number of halogens is 1. The van der Waals surface area contributed by atoms with Crippen molar-refractivity contribution in [3.8, 4) is 0 Å². The van der Waals surface area contributed by atoms with Gasteiger partial charge in [0.15, 0.2) is 0 Å². The quantitative estimate of drug-likeness (QED) is 0.881. The van der Waals surface area contributed by atoms with Crippen molar-refractivity contribution in [3.63, 3.8) is 0 Å². The Bertz CT molecular complexity index is 408. The Morgan fingerprint density at radius 3 is 3.06 bits per heavy atom. The van der Waals surface area contributed by atoms with E-state index in [0.29, 0.717) is 5.92 Å². The first-order valence-corrected chi connectivity index (χ1v) is 6.76. The summed E-state index contributed by atoms with van der Waals surface area (Å²) in [6.07, 6.45) is 2.27. The van der Waals surface area contributed by atoms with Gasteiger partial charge in [-0.15, -0.1) is 0 Å². The highest BCUT2D eigenvalue weighted by Crippen LogP contribution is 2.19. The van der Waals surface area contributed by atoms with Gasteiger partial charge in [0.1, 0.15) is 0 Å². The fourth-order valence-corrected chi connectivity index (χ4v) is 2.59. The predicted molar refractivity (Wildman–Crippen MR) is 73.0 cm³/mol. The van der Waals surface area contributed by atoms with Crippen LogP contribution in [0.3, 0.4) is 0 Å². The van der Waals surface area contributed by atoms with Crippen molar-refractivity contribution >= 4 is 27.5 Å². The molecule has 2 N–H and O–H groups in total. The zero-order chi connectivity index (χ0) is 12.3. The Balaban J connectivity index is 2.01. The zero-order valence-electron chi connectivity index (χ0n) is 9.87. The Labute approximate surface area is 110 Å². The minimum atomic E-state index is -0.0669. The largest absolute Gasteiger partial charge is 0.325 e. The summed E-state index contributed by atoms with van der Waals surface area (Å²) in [5, 5.41) is 6.23. The maximum Gasteiger partial charge on any atom is 0.241 e. The van der Waals surface area contributed by atoms with E-state index in [0.717, 1.165) is 29.5 Å². The van der Waals surface area contributed by atoms with E-state index >= 15 is 0 Å². The molecule has 0 bridgehead atoms. The number of anilines is 1. The SMILES string of the molecule is CC1CCCNC1C(=O)Nc1cccc(Br)c1. The molecule has 1 aromatic carbocycles. The first kappa shape index (κ1) is 12.6. The summed E-state index contributed by atoms with van der Waals surface area (Å²) < 4.78 is 0.972. The van der Waals surface area contributed by atoms with Crippen molar-refractivity contribution in [1.82, 2.24) is 5.32 Å². The van der Waals surface area contributed by atoms with Crippen LogP contribution in [0.5, 0.6) is 0 Å². The van der Waals surface area contributed by atoms with Crippen molar-refractivity contribution in [1.29, 1.82) is 0 Å². The molecule has 0 aromatic heterocycles. The van der Waals surface area contributed by atoms with Crippen LogP contribution in [0.2, 0.25) is 0 Å². The Morgan fingerprint density at radius 1 is 1.53 bits per heavy atom. The molecule has 1 aliphatic heterocycles. The van der Waals surface area contributed by atoms with Gasteiger partial charge in [-0.25, -0.2) is 0 Å². The normalized spacial score (nSPS) is 24.4. The van der Waals surface area contributed by atoms with Crippen LogP contribution in [0.25, 0.3) is 0 Å². The number of nitrogens with one attached hydrogen (secondary N) is 2. The molecule has 0 saturated carbocycles. The molecule has 2 unspecified atom stereocenters. The lowest BCUT2D eigenvalue weighted by molar-refractivity contribution is -0.119. The highest BCUT2D eigenvalue weighted by molar-refractivity contribution is 9.10. The molecule has 2 atom stereocenters. The lowest BCUT2D eigenvalue weighted by Crippen LogP contribution is -2.48. The van der Waals surface area contributed by atoms with E-state index in [2.05, 4.69) is 33.5 Å². The molecule has 1 fully saturated rings. The van der Waals surface area contributed by atoms with E-state index < -0.39 is 0 Å². The number of benzene rings is 1. The van der Waals surface area contributed by atoms with Crippen LogP contribution in [0.1, 0.15) is 19.8 Å². The number of rotatable bonds is 2. The number of hydrogen-bond acceptors (Lipinski definition) is 2. The molecule has 0 aliphatic carbocycles.